The van der Waals surface area contributed by atoms with E-state index in [0.29, 0.717) is 22.9 Å². The molecule has 0 unspecified atom stereocenters. The third-order valence-electron chi connectivity index (χ3n) is 6.61. The molecular weight excluding hydrogens is 468 g/mol. The van der Waals surface area contributed by atoms with Crippen molar-refractivity contribution in [2.75, 3.05) is 19.5 Å². The predicted octanol–water partition coefficient (Wildman–Crippen LogP) is 4.39. The van der Waals surface area contributed by atoms with Crippen LogP contribution >= 0.6 is 0 Å². The van der Waals surface area contributed by atoms with Crippen LogP contribution in [0.2, 0.25) is 0 Å². The average Bonchev–Trinajstić information content (AvgIpc) is 3.24. The summed E-state index contributed by atoms with van der Waals surface area (Å²) in [5, 5.41) is 10.8. The third-order valence-corrected chi connectivity index (χ3v) is 6.61. The van der Waals surface area contributed by atoms with E-state index in [0.717, 1.165) is 28.1 Å². The Bertz CT molecular complexity index is 1440. The van der Waals surface area contributed by atoms with Gasteiger partial charge in [-0.25, -0.2) is 4.68 Å². The zero-order valence-corrected chi connectivity index (χ0v) is 21.1. The molecule has 2 N–H and O–H groups in total. The lowest BCUT2D eigenvalue weighted by molar-refractivity contribution is -0.118. The SMILES string of the molecule is COc1cc(OC)cc([C@H]2c3c(C)nn(-c4ccc(C)cc4)c3NC(=O)[C@H]2NC(=O)c2ccccc2)c1. The molecule has 0 aliphatic carbocycles. The van der Waals surface area contributed by atoms with Crippen LogP contribution in [0.1, 0.15) is 38.7 Å². The standard InChI is InChI=1S/C29H28N4O4/c1-17-10-12-21(13-11-17)33-27-24(18(2)32-33)25(20-14-22(36-3)16-23(15-20)37-4)26(29(35)31-27)30-28(34)19-8-6-5-7-9-19/h5-16,25-26H,1-4H3,(H,30,34)(H,31,35)/t25-,26-/m0/s1. The van der Waals surface area contributed by atoms with E-state index in [1.807, 2.05) is 56.3 Å². The first-order chi connectivity index (χ1) is 17.9. The summed E-state index contributed by atoms with van der Waals surface area (Å²) in [6, 6.07) is 21.3. The second kappa shape index (κ2) is 9.81. The number of rotatable bonds is 6. The lowest BCUT2D eigenvalue weighted by Gasteiger charge is -2.33. The van der Waals surface area contributed by atoms with Crippen LogP contribution in [0.3, 0.4) is 0 Å². The van der Waals surface area contributed by atoms with Crippen molar-refractivity contribution in [2.24, 2.45) is 0 Å². The number of nitrogens with one attached hydrogen (secondary N) is 2. The number of hydrogen-bond donors (Lipinski definition) is 2. The summed E-state index contributed by atoms with van der Waals surface area (Å²) in [5.41, 5.74) is 4.72. The summed E-state index contributed by atoms with van der Waals surface area (Å²) in [5.74, 6) is 0.518. The Morgan fingerprint density at radius 3 is 2.22 bits per heavy atom. The van der Waals surface area contributed by atoms with Crippen LogP contribution in [0.25, 0.3) is 5.69 Å². The molecule has 2 atom stereocenters. The van der Waals surface area contributed by atoms with Crippen LogP contribution in [0, 0.1) is 13.8 Å². The number of hydrogen-bond acceptors (Lipinski definition) is 5. The molecule has 188 valence electrons. The Morgan fingerprint density at radius 1 is 0.946 bits per heavy atom. The maximum Gasteiger partial charge on any atom is 0.251 e. The minimum atomic E-state index is -0.897. The predicted molar refractivity (Wildman–Crippen MR) is 141 cm³/mol. The quantitative estimate of drug-likeness (QED) is 0.413. The van der Waals surface area contributed by atoms with Gasteiger partial charge in [-0.15, -0.1) is 0 Å². The Labute approximate surface area is 215 Å². The van der Waals surface area contributed by atoms with Crippen molar-refractivity contribution in [2.45, 2.75) is 25.8 Å². The fourth-order valence-corrected chi connectivity index (χ4v) is 4.75. The molecular formula is C29H28N4O4. The van der Waals surface area contributed by atoms with Gasteiger partial charge in [-0.1, -0.05) is 35.9 Å². The maximum absolute atomic E-state index is 13.6. The highest BCUT2D eigenvalue weighted by Crippen LogP contribution is 2.42. The number of aryl methyl sites for hydroxylation is 2. The van der Waals surface area contributed by atoms with Gasteiger partial charge in [0.1, 0.15) is 23.4 Å². The highest BCUT2D eigenvalue weighted by atomic mass is 16.5. The minimum Gasteiger partial charge on any atom is -0.497 e. The molecule has 2 amide bonds. The summed E-state index contributed by atoms with van der Waals surface area (Å²) >= 11 is 0. The van der Waals surface area contributed by atoms with Crippen LogP contribution in [0.15, 0.2) is 72.8 Å². The van der Waals surface area contributed by atoms with Gasteiger partial charge in [0.2, 0.25) is 5.91 Å². The first kappa shape index (κ1) is 24.1. The molecule has 0 spiro atoms. The molecule has 3 aromatic carbocycles. The van der Waals surface area contributed by atoms with E-state index in [9.17, 15) is 9.59 Å². The van der Waals surface area contributed by atoms with Gasteiger partial charge in [-0.2, -0.15) is 5.10 Å². The first-order valence-corrected chi connectivity index (χ1v) is 12.0. The smallest absolute Gasteiger partial charge is 0.251 e. The second-order valence-corrected chi connectivity index (χ2v) is 9.03. The molecule has 4 aromatic rings. The van der Waals surface area contributed by atoms with E-state index in [1.54, 1.807) is 49.2 Å². The number of benzene rings is 3. The zero-order valence-electron chi connectivity index (χ0n) is 21.1. The van der Waals surface area contributed by atoms with Gasteiger partial charge >= 0.3 is 0 Å². The van der Waals surface area contributed by atoms with Crippen LogP contribution in [0.5, 0.6) is 11.5 Å². The number of nitrogens with zero attached hydrogens (tertiary/aromatic N) is 2. The van der Waals surface area contributed by atoms with E-state index >= 15 is 0 Å². The van der Waals surface area contributed by atoms with Crippen molar-refractivity contribution in [3.63, 3.8) is 0 Å². The van der Waals surface area contributed by atoms with E-state index in [-0.39, 0.29) is 11.8 Å². The van der Waals surface area contributed by atoms with Crippen molar-refractivity contribution < 1.29 is 19.1 Å². The van der Waals surface area contributed by atoms with Gasteiger partial charge in [0.05, 0.1) is 25.6 Å². The minimum absolute atomic E-state index is 0.336. The van der Waals surface area contributed by atoms with Gasteiger partial charge in [0.15, 0.2) is 0 Å². The lowest BCUT2D eigenvalue weighted by Crippen LogP contribution is -2.50. The summed E-state index contributed by atoms with van der Waals surface area (Å²) < 4.78 is 12.8. The van der Waals surface area contributed by atoms with E-state index in [1.165, 1.54) is 0 Å². The number of fused-ring (bicyclic) bond motifs is 1. The Kier molecular flexibility index (Phi) is 6.40. The van der Waals surface area contributed by atoms with Crippen LogP contribution in [-0.2, 0) is 4.79 Å². The molecule has 37 heavy (non-hydrogen) atoms. The molecule has 8 heteroatoms. The Balaban J connectivity index is 1.67. The van der Waals surface area contributed by atoms with E-state index < -0.39 is 12.0 Å². The summed E-state index contributed by atoms with van der Waals surface area (Å²) in [6.07, 6.45) is 0. The van der Waals surface area contributed by atoms with Crippen molar-refractivity contribution in [1.82, 2.24) is 15.1 Å². The van der Waals surface area contributed by atoms with Gasteiger partial charge < -0.3 is 20.1 Å². The third kappa shape index (κ3) is 4.53. The lowest BCUT2D eigenvalue weighted by atomic mass is 9.81. The summed E-state index contributed by atoms with van der Waals surface area (Å²) in [6.45, 7) is 3.92. The van der Waals surface area contributed by atoms with Crippen LogP contribution < -0.4 is 20.1 Å². The van der Waals surface area contributed by atoms with Gasteiger partial charge in [-0.05, 0) is 55.8 Å². The highest BCUT2D eigenvalue weighted by Gasteiger charge is 2.42. The largest absolute Gasteiger partial charge is 0.497 e. The summed E-state index contributed by atoms with van der Waals surface area (Å²) in [4.78, 5) is 26.8. The fourth-order valence-electron chi connectivity index (χ4n) is 4.75. The van der Waals surface area contributed by atoms with Crippen molar-refractivity contribution >= 4 is 17.6 Å². The molecule has 8 nitrogen and oxygen atoms in total. The molecule has 1 aliphatic heterocycles. The molecule has 1 aromatic heterocycles. The number of anilines is 1. The van der Waals surface area contributed by atoms with Crippen molar-refractivity contribution in [1.29, 1.82) is 0 Å². The van der Waals surface area contributed by atoms with Crippen molar-refractivity contribution in [3.05, 3.63) is 101 Å². The normalized spacial score (nSPS) is 16.5. The number of ether oxygens (including phenoxy) is 2. The maximum atomic E-state index is 13.6. The van der Waals surface area contributed by atoms with Gasteiger partial charge in [-0.3, -0.25) is 9.59 Å². The number of methoxy groups -OCH3 is 2. The zero-order chi connectivity index (χ0) is 26.1. The summed E-state index contributed by atoms with van der Waals surface area (Å²) in [7, 11) is 3.15. The molecule has 0 radical (unpaired) electrons. The topological polar surface area (TPSA) is 94.5 Å². The molecule has 0 saturated heterocycles. The molecule has 0 fully saturated rings. The van der Waals surface area contributed by atoms with Gasteiger partial charge in [0.25, 0.3) is 5.91 Å². The van der Waals surface area contributed by atoms with Crippen molar-refractivity contribution in [3.8, 4) is 17.2 Å². The first-order valence-electron chi connectivity index (χ1n) is 12.0. The second-order valence-electron chi connectivity index (χ2n) is 9.03. The molecule has 0 bridgehead atoms. The Morgan fingerprint density at radius 2 is 1.59 bits per heavy atom. The van der Waals surface area contributed by atoms with E-state index in [2.05, 4.69) is 10.6 Å². The number of amides is 2. The van der Waals surface area contributed by atoms with Crippen LogP contribution in [0.4, 0.5) is 5.82 Å². The molecule has 1 aliphatic rings. The Hall–Kier alpha value is -4.59. The number of carbonyl (C=O) groups excluding carboxylic acids is 2. The molecule has 2 heterocycles. The number of aromatic nitrogens is 2. The average molecular weight is 497 g/mol. The molecule has 5 rings (SSSR count). The van der Waals surface area contributed by atoms with E-state index in [4.69, 9.17) is 14.6 Å². The highest BCUT2D eigenvalue weighted by molar-refractivity contribution is 6.04. The van der Waals surface area contributed by atoms with Gasteiger partial charge in [0, 0.05) is 23.1 Å². The monoisotopic (exact) mass is 496 g/mol. The van der Waals surface area contributed by atoms with Crippen LogP contribution in [-0.4, -0.2) is 41.9 Å². The number of carbonyl (C=O) groups is 2. The fraction of sp³-hybridized carbons (Fsp3) is 0.207. The molecule has 0 saturated carbocycles.